The zero-order valence-electron chi connectivity index (χ0n) is 14.1. The predicted octanol–water partition coefficient (Wildman–Crippen LogP) is 1.28. The van der Waals surface area contributed by atoms with E-state index < -0.39 is 0 Å². The molecule has 3 N–H and O–H groups in total. The molecule has 1 aromatic rings. The van der Waals surface area contributed by atoms with Crippen molar-refractivity contribution in [2.75, 3.05) is 26.7 Å². The fourth-order valence-corrected chi connectivity index (χ4v) is 2.95. The second-order valence-electron chi connectivity index (χ2n) is 6.40. The molecule has 2 rings (SSSR count). The summed E-state index contributed by atoms with van der Waals surface area (Å²) < 4.78 is 0. The van der Waals surface area contributed by atoms with Gasteiger partial charge in [-0.1, -0.05) is 23.8 Å². The number of hydrazine groups is 1. The molecule has 1 aliphatic heterocycles. The summed E-state index contributed by atoms with van der Waals surface area (Å²) in [5.74, 6) is 0.0712. The number of benzene rings is 1. The van der Waals surface area contributed by atoms with Gasteiger partial charge in [0, 0.05) is 19.1 Å². The Hall–Kier alpha value is -1.43. The summed E-state index contributed by atoms with van der Waals surface area (Å²) in [7, 11) is 1.99. The van der Waals surface area contributed by atoms with Crippen molar-refractivity contribution in [3.05, 3.63) is 34.9 Å². The van der Waals surface area contributed by atoms with Gasteiger partial charge in [-0.2, -0.15) is 0 Å². The Morgan fingerprint density at radius 2 is 2.23 bits per heavy atom. The lowest BCUT2D eigenvalue weighted by molar-refractivity contribution is -0.122. The number of hydrogen-bond donors (Lipinski definition) is 3. The van der Waals surface area contributed by atoms with Gasteiger partial charge in [0.05, 0.1) is 12.6 Å². The van der Waals surface area contributed by atoms with E-state index in [4.69, 9.17) is 0 Å². The Morgan fingerprint density at radius 1 is 1.45 bits per heavy atom. The van der Waals surface area contributed by atoms with Gasteiger partial charge in [-0.25, -0.2) is 0 Å². The van der Waals surface area contributed by atoms with Crippen LogP contribution in [0.15, 0.2) is 18.2 Å². The summed E-state index contributed by atoms with van der Waals surface area (Å²) in [6, 6.07) is 6.82. The Kier molecular flexibility index (Phi) is 5.94. The summed E-state index contributed by atoms with van der Waals surface area (Å²) in [4.78, 5) is 14.3. The van der Waals surface area contributed by atoms with Gasteiger partial charge in [-0.15, -0.1) is 0 Å². The molecule has 0 aromatic heterocycles. The van der Waals surface area contributed by atoms with Crippen molar-refractivity contribution in [3.63, 3.8) is 0 Å². The lowest BCUT2D eigenvalue weighted by Gasteiger charge is -2.22. The van der Waals surface area contributed by atoms with Gasteiger partial charge in [-0.3, -0.25) is 20.5 Å². The first-order valence-electron chi connectivity index (χ1n) is 7.99. The van der Waals surface area contributed by atoms with Crippen LogP contribution >= 0.6 is 0 Å². The van der Waals surface area contributed by atoms with Crippen LogP contribution in [0.25, 0.3) is 0 Å². The van der Waals surface area contributed by atoms with Crippen molar-refractivity contribution in [2.45, 2.75) is 39.3 Å². The molecule has 22 heavy (non-hydrogen) atoms. The zero-order chi connectivity index (χ0) is 16.1. The second kappa shape index (κ2) is 7.72. The average molecular weight is 304 g/mol. The van der Waals surface area contributed by atoms with Crippen LogP contribution in [0, 0.1) is 13.8 Å². The Balaban J connectivity index is 1.83. The van der Waals surface area contributed by atoms with E-state index in [-0.39, 0.29) is 11.9 Å². The van der Waals surface area contributed by atoms with E-state index in [0.717, 1.165) is 19.5 Å². The number of nitrogens with one attached hydrogen (secondary N) is 3. The summed E-state index contributed by atoms with van der Waals surface area (Å²) in [5, 5.41) is 3.10. The van der Waals surface area contributed by atoms with Gasteiger partial charge in [-0.05, 0) is 45.4 Å². The number of likely N-dealkylation sites (N-methyl/N-ethyl adjacent to an activating group) is 1. The molecule has 5 heteroatoms. The van der Waals surface area contributed by atoms with E-state index >= 15 is 0 Å². The van der Waals surface area contributed by atoms with E-state index in [1.54, 1.807) is 0 Å². The molecule has 0 saturated carbocycles. The number of nitrogens with zero attached hydrogens (tertiary/aromatic N) is 1. The standard InChI is InChI=1S/C17H28N4O/c1-12-5-6-13(2)16(9-12)14(3)19-17(22)11-21(4)10-15-7-8-18-20-15/h5-6,9,14-15,18,20H,7-8,10-11H2,1-4H3,(H,19,22). The molecule has 1 heterocycles. The van der Waals surface area contributed by atoms with Gasteiger partial charge < -0.3 is 5.32 Å². The highest BCUT2D eigenvalue weighted by atomic mass is 16.2. The second-order valence-corrected chi connectivity index (χ2v) is 6.40. The van der Waals surface area contributed by atoms with Crippen molar-refractivity contribution < 1.29 is 4.79 Å². The summed E-state index contributed by atoms with van der Waals surface area (Å²) in [5.41, 5.74) is 9.97. The maximum Gasteiger partial charge on any atom is 0.234 e. The van der Waals surface area contributed by atoms with E-state index in [2.05, 4.69) is 53.1 Å². The van der Waals surface area contributed by atoms with Crippen LogP contribution in [-0.4, -0.2) is 43.5 Å². The van der Waals surface area contributed by atoms with Crippen molar-refractivity contribution in [1.82, 2.24) is 21.1 Å². The third kappa shape index (κ3) is 4.80. The Morgan fingerprint density at radius 3 is 2.91 bits per heavy atom. The van der Waals surface area contributed by atoms with Crippen LogP contribution in [0.2, 0.25) is 0 Å². The monoisotopic (exact) mass is 304 g/mol. The van der Waals surface area contributed by atoms with Crippen molar-refractivity contribution in [1.29, 1.82) is 0 Å². The van der Waals surface area contributed by atoms with Crippen LogP contribution in [0.3, 0.4) is 0 Å². The molecule has 1 saturated heterocycles. The minimum atomic E-state index is 0.0343. The van der Waals surface area contributed by atoms with Gasteiger partial charge in [0.2, 0.25) is 5.91 Å². The number of carbonyl (C=O) groups excluding carboxylic acids is 1. The summed E-state index contributed by atoms with van der Waals surface area (Å²) in [6.07, 6.45) is 1.10. The molecule has 0 radical (unpaired) electrons. The van der Waals surface area contributed by atoms with E-state index in [1.165, 1.54) is 16.7 Å². The molecule has 5 nitrogen and oxygen atoms in total. The quantitative estimate of drug-likeness (QED) is 0.741. The van der Waals surface area contributed by atoms with E-state index in [1.807, 2.05) is 14.0 Å². The molecule has 1 aromatic carbocycles. The average Bonchev–Trinajstić information content (AvgIpc) is 2.93. The van der Waals surface area contributed by atoms with Gasteiger partial charge in [0.15, 0.2) is 0 Å². The highest BCUT2D eigenvalue weighted by molar-refractivity contribution is 5.78. The lowest BCUT2D eigenvalue weighted by Crippen LogP contribution is -2.43. The fraction of sp³-hybridized carbons (Fsp3) is 0.588. The summed E-state index contributed by atoms with van der Waals surface area (Å²) in [6.45, 7) is 8.50. The van der Waals surface area contributed by atoms with Crippen molar-refractivity contribution >= 4 is 5.91 Å². The molecule has 1 aliphatic rings. The molecule has 0 spiro atoms. The SMILES string of the molecule is Cc1ccc(C)c(C(C)NC(=O)CN(C)CC2CCNN2)c1. The zero-order valence-corrected chi connectivity index (χ0v) is 14.1. The molecule has 2 atom stereocenters. The first kappa shape index (κ1) is 16.9. The molecule has 1 fully saturated rings. The maximum atomic E-state index is 12.2. The third-order valence-electron chi connectivity index (χ3n) is 4.15. The maximum absolute atomic E-state index is 12.2. The Labute approximate surface area is 133 Å². The van der Waals surface area contributed by atoms with Crippen LogP contribution in [0.5, 0.6) is 0 Å². The molecular formula is C17H28N4O. The Bertz CT molecular complexity index is 511. The predicted molar refractivity (Wildman–Crippen MR) is 89.5 cm³/mol. The van der Waals surface area contributed by atoms with Crippen molar-refractivity contribution in [3.8, 4) is 0 Å². The minimum Gasteiger partial charge on any atom is -0.348 e. The molecular weight excluding hydrogens is 276 g/mol. The molecule has 1 amide bonds. The van der Waals surface area contributed by atoms with Crippen LogP contribution in [0.1, 0.15) is 36.1 Å². The van der Waals surface area contributed by atoms with Gasteiger partial charge in [0.25, 0.3) is 0 Å². The van der Waals surface area contributed by atoms with Gasteiger partial charge in [0.1, 0.15) is 0 Å². The van der Waals surface area contributed by atoms with Crippen LogP contribution in [0.4, 0.5) is 0 Å². The van der Waals surface area contributed by atoms with Crippen LogP contribution < -0.4 is 16.2 Å². The minimum absolute atomic E-state index is 0.0343. The number of carbonyl (C=O) groups is 1. The van der Waals surface area contributed by atoms with E-state index in [0.29, 0.717) is 12.6 Å². The molecule has 0 aliphatic carbocycles. The van der Waals surface area contributed by atoms with Gasteiger partial charge >= 0.3 is 0 Å². The number of rotatable bonds is 6. The smallest absolute Gasteiger partial charge is 0.234 e. The third-order valence-corrected chi connectivity index (χ3v) is 4.15. The fourth-order valence-electron chi connectivity index (χ4n) is 2.95. The highest BCUT2D eigenvalue weighted by Crippen LogP contribution is 2.18. The first-order valence-corrected chi connectivity index (χ1v) is 7.99. The van der Waals surface area contributed by atoms with Crippen molar-refractivity contribution in [2.24, 2.45) is 0 Å². The number of aryl methyl sites for hydroxylation is 2. The normalized spacial score (nSPS) is 19.4. The number of hydrogen-bond acceptors (Lipinski definition) is 4. The highest BCUT2D eigenvalue weighted by Gasteiger charge is 2.18. The van der Waals surface area contributed by atoms with Crippen LogP contribution in [-0.2, 0) is 4.79 Å². The summed E-state index contributed by atoms with van der Waals surface area (Å²) >= 11 is 0. The molecule has 0 bridgehead atoms. The first-order chi connectivity index (χ1) is 10.5. The molecule has 2 unspecified atom stereocenters. The lowest BCUT2D eigenvalue weighted by atomic mass is 10.00. The van der Waals surface area contributed by atoms with E-state index in [9.17, 15) is 4.79 Å². The topological polar surface area (TPSA) is 56.4 Å². The molecule has 122 valence electrons. The number of amides is 1. The largest absolute Gasteiger partial charge is 0.348 e.